The van der Waals surface area contributed by atoms with Crippen LogP contribution in [0.5, 0.6) is 0 Å². The summed E-state index contributed by atoms with van der Waals surface area (Å²) in [6, 6.07) is 6.42. The average Bonchev–Trinajstić information content (AvgIpc) is 2.99. The summed E-state index contributed by atoms with van der Waals surface area (Å²) >= 11 is 3.46. The van der Waals surface area contributed by atoms with Crippen molar-refractivity contribution in [3.63, 3.8) is 0 Å². The molecule has 1 atom stereocenters. The molecule has 5 nitrogen and oxygen atoms in total. The number of alkyl halides is 1. The van der Waals surface area contributed by atoms with E-state index in [1.807, 2.05) is 6.07 Å². The third kappa shape index (κ3) is 2.90. The Morgan fingerprint density at radius 3 is 2.91 bits per heavy atom. The zero-order valence-corrected chi connectivity index (χ0v) is 14.6. The number of benzene rings is 1. The molecule has 2 bridgehead atoms. The van der Waals surface area contributed by atoms with Crippen LogP contribution < -0.4 is 5.32 Å². The summed E-state index contributed by atoms with van der Waals surface area (Å²) in [6.45, 7) is 3.34. The molecule has 3 saturated heterocycles. The van der Waals surface area contributed by atoms with E-state index in [0.717, 1.165) is 29.2 Å². The van der Waals surface area contributed by atoms with Crippen molar-refractivity contribution in [2.45, 2.75) is 25.3 Å². The maximum absolute atomic E-state index is 12.7. The summed E-state index contributed by atoms with van der Waals surface area (Å²) in [7, 11) is 0. The van der Waals surface area contributed by atoms with Crippen molar-refractivity contribution in [3.8, 4) is 0 Å². The van der Waals surface area contributed by atoms with E-state index in [0.29, 0.717) is 11.6 Å². The molecule has 4 heterocycles. The number of aromatic nitrogens is 2. The number of piperidine rings is 3. The molecule has 0 unspecified atom stereocenters. The number of aryl methyl sites for hydroxylation is 1. The number of amides is 1. The number of hydrogen-bond acceptors (Lipinski definition) is 3. The molecular formula is C17H21BrN4O. The van der Waals surface area contributed by atoms with Crippen LogP contribution in [-0.4, -0.2) is 52.0 Å². The highest BCUT2D eigenvalue weighted by atomic mass is 79.9. The molecule has 0 radical (unpaired) electrons. The van der Waals surface area contributed by atoms with Crippen LogP contribution in [0.1, 0.15) is 28.9 Å². The lowest BCUT2D eigenvalue weighted by Crippen LogP contribution is -2.57. The van der Waals surface area contributed by atoms with Gasteiger partial charge in [-0.2, -0.15) is 5.10 Å². The molecule has 5 rings (SSSR count). The summed E-state index contributed by atoms with van der Waals surface area (Å²) in [6.07, 6.45) is 3.36. The molecule has 0 saturated carbocycles. The number of hydrogen-bond donors (Lipinski definition) is 2. The Morgan fingerprint density at radius 1 is 1.39 bits per heavy atom. The second-order valence-corrected chi connectivity index (χ2v) is 7.40. The first kappa shape index (κ1) is 15.1. The Kier molecular flexibility index (Phi) is 4.11. The topological polar surface area (TPSA) is 61.0 Å². The van der Waals surface area contributed by atoms with Crippen molar-refractivity contribution in [2.24, 2.45) is 5.92 Å². The summed E-state index contributed by atoms with van der Waals surface area (Å²) < 4.78 is 0. The van der Waals surface area contributed by atoms with E-state index in [1.165, 1.54) is 31.5 Å². The van der Waals surface area contributed by atoms with Crippen LogP contribution in [0, 0.1) is 5.92 Å². The van der Waals surface area contributed by atoms with Crippen LogP contribution in [0.15, 0.2) is 18.2 Å². The standard InChI is InChI=1S/C17H21BrN4O/c18-6-3-11-1-2-13-14(9-11)20-21-16(13)17(23)19-15-10-22-7-4-12(15)5-8-22/h1-2,9,12,15H,3-8,10H2,(H,19,23)(H,20,21)/t15-/m1/s1. The maximum atomic E-state index is 12.7. The number of rotatable bonds is 4. The van der Waals surface area contributed by atoms with Gasteiger partial charge >= 0.3 is 0 Å². The monoisotopic (exact) mass is 376 g/mol. The first-order chi connectivity index (χ1) is 11.2. The van der Waals surface area contributed by atoms with E-state index in [9.17, 15) is 4.79 Å². The van der Waals surface area contributed by atoms with Gasteiger partial charge in [-0.15, -0.1) is 0 Å². The molecular weight excluding hydrogens is 356 g/mol. The molecule has 1 aromatic carbocycles. The van der Waals surface area contributed by atoms with Crippen LogP contribution in [-0.2, 0) is 6.42 Å². The highest BCUT2D eigenvalue weighted by Gasteiger charge is 2.35. The third-order valence-electron chi connectivity index (χ3n) is 5.20. The number of halogens is 1. The molecule has 23 heavy (non-hydrogen) atoms. The van der Waals surface area contributed by atoms with Crippen molar-refractivity contribution in [1.29, 1.82) is 0 Å². The summed E-state index contributed by atoms with van der Waals surface area (Å²) in [5.41, 5.74) is 2.69. The van der Waals surface area contributed by atoms with E-state index < -0.39 is 0 Å². The van der Waals surface area contributed by atoms with Crippen molar-refractivity contribution in [2.75, 3.05) is 25.0 Å². The van der Waals surface area contributed by atoms with E-state index in [1.54, 1.807) is 0 Å². The summed E-state index contributed by atoms with van der Waals surface area (Å²) in [5.74, 6) is 0.572. The van der Waals surface area contributed by atoms with Gasteiger partial charge in [0.15, 0.2) is 5.69 Å². The van der Waals surface area contributed by atoms with Crippen LogP contribution in [0.3, 0.4) is 0 Å². The van der Waals surface area contributed by atoms with Crippen molar-refractivity contribution in [1.82, 2.24) is 20.4 Å². The Labute approximate surface area is 143 Å². The fraction of sp³-hybridized carbons (Fsp3) is 0.529. The minimum absolute atomic E-state index is 0.0526. The smallest absolute Gasteiger partial charge is 0.272 e. The molecule has 6 heteroatoms. The molecule has 0 spiro atoms. The largest absolute Gasteiger partial charge is 0.346 e. The second-order valence-electron chi connectivity index (χ2n) is 6.61. The second kappa shape index (κ2) is 6.24. The molecule has 3 aliphatic heterocycles. The van der Waals surface area contributed by atoms with Crippen molar-refractivity contribution in [3.05, 3.63) is 29.5 Å². The van der Waals surface area contributed by atoms with Crippen LogP contribution in [0.4, 0.5) is 0 Å². The van der Waals surface area contributed by atoms with Gasteiger partial charge in [0.1, 0.15) is 0 Å². The zero-order valence-electron chi connectivity index (χ0n) is 13.0. The number of fused-ring (bicyclic) bond motifs is 4. The van der Waals surface area contributed by atoms with Crippen molar-refractivity contribution < 1.29 is 4.79 Å². The van der Waals surface area contributed by atoms with Gasteiger partial charge in [0.2, 0.25) is 0 Å². The Balaban J connectivity index is 1.53. The Morgan fingerprint density at radius 2 is 2.22 bits per heavy atom. The number of nitrogens with zero attached hydrogens (tertiary/aromatic N) is 2. The highest BCUT2D eigenvalue weighted by Crippen LogP contribution is 2.28. The van der Waals surface area contributed by atoms with E-state index in [2.05, 4.69) is 48.5 Å². The quantitative estimate of drug-likeness (QED) is 0.804. The predicted molar refractivity (Wildman–Crippen MR) is 94.0 cm³/mol. The molecule has 0 aliphatic carbocycles. The van der Waals surface area contributed by atoms with Crippen molar-refractivity contribution >= 4 is 32.7 Å². The molecule has 2 aromatic rings. The summed E-state index contributed by atoms with van der Waals surface area (Å²) in [5, 5.41) is 12.3. The Bertz CT molecular complexity index is 720. The third-order valence-corrected chi connectivity index (χ3v) is 5.59. The number of H-pyrrole nitrogens is 1. The van der Waals surface area contributed by atoms with Crippen LogP contribution in [0.25, 0.3) is 10.9 Å². The normalized spacial score (nSPS) is 26.6. The van der Waals surface area contributed by atoms with Gasteiger partial charge in [-0.1, -0.05) is 28.1 Å². The number of aromatic amines is 1. The fourth-order valence-electron chi connectivity index (χ4n) is 3.87. The van der Waals surface area contributed by atoms with Gasteiger partial charge in [-0.3, -0.25) is 9.89 Å². The number of carbonyl (C=O) groups excluding carboxylic acids is 1. The van der Waals surface area contributed by atoms with Gasteiger partial charge in [-0.25, -0.2) is 0 Å². The molecule has 3 aliphatic rings. The summed E-state index contributed by atoms with van der Waals surface area (Å²) in [4.78, 5) is 15.1. The van der Waals surface area contributed by atoms with E-state index in [-0.39, 0.29) is 11.9 Å². The lowest BCUT2D eigenvalue weighted by atomic mass is 9.84. The fourth-order valence-corrected chi connectivity index (χ4v) is 4.33. The zero-order chi connectivity index (χ0) is 15.8. The lowest BCUT2D eigenvalue weighted by molar-refractivity contribution is 0.0618. The minimum atomic E-state index is -0.0526. The van der Waals surface area contributed by atoms with Gasteiger partial charge in [0, 0.05) is 23.3 Å². The van der Waals surface area contributed by atoms with Crippen LogP contribution in [0.2, 0.25) is 0 Å². The molecule has 2 N–H and O–H groups in total. The van der Waals surface area contributed by atoms with E-state index in [4.69, 9.17) is 0 Å². The predicted octanol–water partition coefficient (Wildman–Crippen LogP) is 2.32. The molecule has 1 amide bonds. The van der Waals surface area contributed by atoms with Gasteiger partial charge < -0.3 is 10.2 Å². The highest BCUT2D eigenvalue weighted by molar-refractivity contribution is 9.09. The number of carbonyl (C=O) groups is 1. The molecule has 3 fully saturated rings. The number of nitrogens with one attached hydrogen (secondary N) is 2. The van der Waals surface area contributed by atoms with Crippen LogP contribution >= 0.6 is 15.9 Å². The average molecular weight is 377 g/mol. The molecule has 1 aromatic heterocycles. The molecule has 122 valence electrons. The first-order valence-corrected chi connectivity index (χ1v) is 9.43. The lowest BCUT2D eigenvalue weighted by Gasteiger charge is -2.44. The van der Waals surface area contributed by atoms with Gasteiger partial charge in [0.05, 0.1) is 5.52 Å². The van der Waals surface area contributed by atoms with Gasteiger partial charge in [-0.05, 0) is 49.9 Å². The Hall–Kier alpha value is -1.40. The van der Waals surface area contributed by atoms with E-state index >= 15 is 0 Å². The van der Waals surface area contributed by atoms with Gasteiger partial charge in [0.25, 0.3) is 5.91 Å². The SMILES string of the molecule is O=C(N[C@@H]1CN2CCC1CC2)c1n[nH]c2cc(CCBr)ccc12. The minimum Gasteiger partial charge on any atom is -0.346 e. The maximum Gasteiger partial charge on any atom is 0.272 e. The first-order valence-electron chi connectivity index (χ1n) is 8.31.